The standard InChI is InChI=1S/C71H138O17P2/c1-7-10-12-14-16-17-18-19-20-21-22-23-24-31-37-43-49-55-70(75)88-67(60-82-69(74)54-48-42-36-30-26-25-29-35-40-46-52-64(6)9-3)62-86-90(79,80)84-58-65(72)57-83-89(77,78)85-61-66(59-81-68(73)53-47-41-33-15-13-11-8-2)87-71(76)56-50-44-38-32-27-28-34-39-45-51-63(4)5/h63-67,72H,7-62H2,1-6H3,(H,77,78)(H,79,80)/t64?,65-,66+,67+/m0/s1. The number of ether oxygens (including phenoxy) is 4. The molecule has 0 saturated heterocycles. The van der Waals surface area contributed by atoms with Crippen molar-refractivity contribution in [3.8, 4) is 0 Å². The third-order valence-corrected chi connectivity index (χ3v) is 18.7. The van der Waals surface area contributed by atoms with Crippen LogP contribution < -0.4 is 0 Å². The van der Waals surface area contributed by atoms with Gasteiger partial charge in [0.25, 0.3) is 0 Å². The van der Waals surface area contributed by atoms with Gasteiger partial charge in [-0.05, 0) is 37.5 Å². The number of hydrogen-bond donors (Lipinski definition) is 3. The molecule has 0 spiro atoms. The lowest BCUT2D eigenvalue weighted by molar-refractivity contribution is -0.161. The highest BCUT2D eigenvalue weighted by atomic mass is 31.2. The number of carbonyl (C=O) groups is 4. The van der Waals surface area contributed by atoms with Gasteiger partial charge in [0.1, 0.15) is 19.3 Å². The lowest BCUT2D eigenvalue weighted by Gasteiger charge is -2.21. The second-order valence-corrected chi connectivity index (χ2v) is 29.3. The van der Waals surface area contributed by atoms with Crippen molar-refractivity contribution in [1.29, 1.82) is 0 Å². The fourth-order valence-corrected chi connectivity index (χ4v) is 12.3. The fourth-order valence-electron chi connectivity index (χ4n) is 10.7. The molecule has 534 valence electrons. The summed E-state index contributed by atoms with van der Waals surface area (Å²) in [7, 11) is -9.90. The van der Waals surface area contributed by atoms with Gasteiger partial charge in [-0.3, -0.25) is 37.3 Å². The Bertz CT molecular complexity index is 1750. The van der Waals surface area contributed by atoms with E-state index in [1.807, 2.05) is 0 Å². The van der Waals surface area contributed by atoms with E-state index in [2.05, 4.69) is 41.5 Å². The number of carbonyl (C=O) groups excluding carboxylic acids is 4. The van der Waals surface area contributed by atoms with E-state index in [-0.39, 0.29) is 25.7 Å². The van der Waals surface area contributed by atoms with Crippen LogP contribution in [-0.4, -0.2) is 96.7 Å². The Balaban J connectivity index is 5.21. The lowest BCUT2D eigenvalue weighted by atomic mass is 9.99. The quantitative estimate of drug-likeness (QED) is 0.0222. The highest BCUT2D eigenvalue weighted by Crippen LogP contribution is 2.45. The molecule has 0 aromatic rings. The Kier molecular flexibility index (Phi) is 61.8. The molecule has 0 radical (unpaired) electrons. The maximum Gasteiger partial charge on any atom is 0.472 e. The van der Waals surface area contributed by atoms with E-state index < -0.39 is 97.5 Å². The summed E-state index contributed by atoms with van der Waals surface area (Å²) in [4.78, 5) is 72.5. The summed E-state index contributed by atoms with van der Waals surface area (Å²) in [5, 5.41) is 10.6. The van der Waals surface area contributed by atoms with Crippen molar-refractivity contribution in [2.75, 3.05) is 39.6 Å². The highest BCUT2D eigenvalue weighted by molar-refractivity contribution is 7.47. The van der Waals surface area contributed by atoms with Crippen LogP contribution in [0.4, 0.5) is 0 Å². The molecule has 0 saturated carbocycles. The zero-order valence-corrected chi connectivity index (χ0v) is 60.2. The molecule has 19 heteroatoms. The van der Waals surface area contributed by atoms with Gasteiger partial charge in [0.15, 0.2) is 12.2 Å². The van der Waals surface area contributed by atoms with Crippen LogP contribution in [0.5, 0.6) is 0 Å². The summed E-state index contributed by atoms with van der Waals surface area (Å²) < 4.78 is 68.2. The largest absolute Gasteiger partial charge is 0.472 e. The van der Waals surface area contributed by atoms with Crippen molar-refractivity contribution in [3.05, 3.63) is 0 Å². The second-order valence-electron chi connectivity index (χ2n) is 26.3. The first-order valence-electron chi connectivity index (χ1n) is 37.0. The number of phosphoric ester groups is 2. The summed E-state index contributed by atoms with van der Waals surface area (Å²) in [5.74, 6) is -0.581. The molecule has 0 aromatic carbocycles. The molecule has 0 aliphatic heterocycles. The van der Waals surface area contributed by atoms with Crippen LogP contribution >= 0.6 is 15.6 Å². The molecule has 0 heterocycles. The molecule has 17 nitrogen and oxygen atoms in total. The van der Waals surface area contributed by atoms with Crippen LogP contribution in [0.3, 0.4) is 0 Å². The minimum atomic E-state index is -4.95. The SMILES string of the molecule is CCCCCCCCCCCCCCCCCCCC(=O)O[C@H](COC(=O)CCCCCCCCCCCCC(C)CC)COP(=O)(O)OC[C@@H](O)COP(=O)(O)OC[C@@H](COC(=O)CCCCCCCCC)OC(=O)CCCCCCCCCCCC(C)C. The van der Waals surface area contributed by atoms with E-state index in [1.165, 1.54) is 167 Å². The van der Waals surface area contributed by atoms with Gasteiger partial charge >= 0.3 is 39.5 Å². The Morgan fingerprint density at radius 1 is 0.322 bits per heavy atom. The molecule has 0 fully saturated rings. The van der Waals surface area contributed by atoms with Gasteiger partial charge in [-0.2, -0.15) is 0 Å². The molecule has 6 atom stereocenters. The molecular weight excluding hydrogens is 1190 g/mol. The van der Waals surface area contributed by atoms with E-state index >= 15 is 0 Å². The van der Waals surface area contributed by atoms with Crippen LogP contribution in [-0.2, 0) is 65.4 Å². The molecule has 0 bridgehead atoms. The smallest absolute Gasteiger partial charge is 0.462 e. The minimum Gasteiger partial charge on any atom is -0.462 e. The lowest BCUT2D eigenvalue weighted by Crippen LogP contribution is -2.30. The normalized spacial score (nSPS) is 14.4. The second kappa shape index (κ2) is 63.1. The topological polar surface area (TPSA) is 237 Å². The summed E-state index contributed by atoms with van der Waals surface area (Å²) in [6.45, 7) is 9.52. The van der Waals surface area contributed by atoms with Crippen molar-refractivity contribution in [2.45, 2.75) is 381 Å². The van der Waals surface area contributed by atoms with Crippen LogP contribution in [0.2, 0.25) is 0 Å². The summed E-state index contributed by atoms with van der Waals surface area (Å²) >= 11 is 0. The van der Waals surface area contributed by atoms with E-state index in [4.69, 9.17) is 37.0 Å². The number of hydrogen-bond acceptors (Lipinski definition) is 15. The summed E-state index contributed by atoms with van der Waals surface area (Å²) in [5.41, 5.74) is 0. The van der Waals surface area contributed by atoms with E-state index in [1.54, 1.807) is 0 Å². The van der Waals surface area contributed by atoms with Gasteiger partial charge in [0, 0.05) is 25.7 Å². The van der Waals surface area contributed by atoms with E-state index in [9.17, 15) is 43.2 Å². The van der Waals surface area contributed by atoms with Gasteiger partial charge in [-0.25, -0.2) is 9.13 Å². The average molecular weight is 1330 g/mol. The van der Waals surface area contributed by atoms with Crippen LogP contribution in [0.25, 0.3) is 0 Å². The number of rotatable bonds is 70. The molecule has 0 rings (SSSR count). The molecular formula is C71H138O17P2. The Labute approximate surface area is 549 Å². The van der Waals surface area contributed by atoms with E-state index in [0.29, 0.717) is 25.7 Å². The Hall–Kier alpha value is -1.94. The average Bonchev–Trinajstić information content (AvgIpc) is 2.75. The zero-order valence-electron chi connectivity index (χ0n) is 58.4. The molecule has 3 unspecified atom stereocenters. The van der Waals surface area contributed by atoms with Gasteiger partial charge in [-0.1, -0.05) is 311 Å². The number of phosphoric acid groups is 2. The predicted molar refractivity (Wildman–Crippen MR) is 363 cm³/mol. The van der Waals surface area contributed by atoms with Crippen molar-refractivity contribution in [1.82, 2.24) is 0 Å². The predicted octanol–water partition coefficient (Wildman–Crippen LogP) is 20.4. The first-order chi connectivity index (χ1) is 43.4. The van der Waals surface area contributed by atoms with Crippen molar-refractivity contribution < 1.29 is 80.2 Å². The first-order valence-corrected chi connectivity index (χ1v) is 40.0. The third kappa shape index (κ3) is 63.5. The van der Waals surface area contributed by atoms with Crippen LogP contribution in [0, 0.1) is 11.8 Å². The van der Waals surface area contributed by atoms with Crippen molar-refractivity contribution >= 4 is 39.5 Å². The van der Waals surface area contributed by atoms with Gasteiger partial charge in [0.05, 0.1) is 26.4 Å². The Morgan fingerprint density at radius 3 is 0.844 bits per heavy atom. The van der Waals surface area contributed by atoms with E-state index in [0.717, 1.165) is 115 Å². The number of aliphatic hydroxyl groups is 1. The number of unbranched alkanes of at least 4 members (excludes halogenated alkanes) is 39. The summed E-state index contributed by atoms with van der Waals surface area (Å²) in [6, 6.07) is 0. The van der Waals surface area contributed by atoms with Crippen LogP contribution in [0.15, 0.2) is 0 Å². The van der Waals surface area contributed by atoms with Crippen molar-refractivity contribution in [2.24, 2.45) is 11.8 Å². The summed E-state index contributed by atoms with van der Waals surface area (Å²) in [6.07, 6.45) is 48.6. The molecule has 90 heavy (non-hydrogen) atoms. The Morgan fingerprint density at radius 2 is 0.567 bits per heavy atom. The molecule has 3 N–H and O–H groups in total. The monoisotopic (exact) mass is 1320 g/mol. The van der Waals surface area contributed by atoms with Crippen LogP contribution in [0.1, 0.15) is 363 Å². The third-order valence-electron chi connectivity index (χ3n) is 16.8. The molecule has 0 aromatic heterocycles. The molecule has 0 aliphatic carbocycles. The fraction of sp³-hybridized carbons (Fsp3) is 0.944. The van der Waals surface area contributed by atoms with Gasteiger partial charge in [-0.15, -0.1) is 0 Å². The van der Waals surface area contributed by atoms with Crippen molar-refractivity contribution in [3.63, 3.8) is 0 Å². The van der Waals surface area contributed by atoms with Gasteiger partial charge < -0.3 is 33.8 Å². The zero-order chi connectivity index (χ0) is 66.5. The maximum atomic E-state index is 13.0. The first kappa shape index (κ1) is 88.1. The maximum absolute atomic E-state index is 13.0. The number of aliphatic hydroxyl groups excluding tert-OH is 1. The highest BCUT2D eigenvalue weighted by Gasteiger charge is 2.30. The van der Waals surface area contributed by atoms with Gasteiger partial charge in [0.2, 0.25) is 0 Å². The number of esters is 4. The molecule has 0 amide bonds. The molecule has 0 aliphatic rings. The minimum absolute atomic E-state index is 0.105.